The van der Waals surface area contributed by atoms with Crippen LogP contribution in [0, 0.1) is 12.8 Å². The fourth-order valence-electron chi connectivity index (χ4n) is 2.84. The summed E-state index contributed by atoms with van der Waals surface area (Å²) in [7, 11) is 1.60. The van der Waals surface area contributed by atoms with Gasteiger partial charge in [0.05, 0.1) is 5.56 Å². The molecule has 10 heteroatoms. The number of carbonyl (C=O) groups is 1. The highest BCUT2D eigenvalue weighted by Gasteiger charge is 2.24. The van der Waals surface area contributed by atoms with Crippen molar-refractivity contribution in [2.75, 3.05) is 19.0 Å². The van der Waals surface area contributed by atoms with Gasteiger partial charge in [0.2, 0.25) is 10.8 Å². The quantitative estimate of drug-likeness (QED) is 0.573. The average molecular weight is 405 g/mol. The van der Waals surface area contributed by atoms with Crippen molar-refractivity contribution in [3.05, 3.63) is 33.0 Å². The van der Waals surface area contributed by atoms with E-state index in [1.807, 2.05) is 0 Å². The Balaban J connectivity index is 1.89. The van der Waals surface area contributed by atoms with Crippen LogP contribution in [-0.4, -0.2) is 39.4 Å². The minimum atomic E-state index is -0.461. The second-order valence-electron chi connectivity index (χ2n) is 6.86. The number of nitrogens with one attached hydrogen (secondary N) is 1. The van der Waals surface area contributed by atoms with Gasteiger partial charge in [-0.25, -0.2) is 4.98 Å². The highest BCUT2D eigenvalue weighted by Crippen LogP contribution is 2.24. The number of nitrogens with zero attached hydrogens (tertiary/aromatic N) is 4. The van der Waals surface area contributed by atoms with Crippen LogP contribution in [0.25, 0.3) is 11.1 Å². The van der Waals surface area contributed by atoms with E-state index in [1.165, 1.54) is 22.2 Å². The molecule has 3 aromatic heterocycles. The second kappa shape index (κ2) is 8.61. The molecule has 3 rings (SSSR count). The number of aromatic nitrogens is 4. The van der Waals surface area contributed by atoms with Gasteiger partial charge in [-0.1, -0.05) is 25.2 Å². The van der Waals surface area contributed by atoms with Crippen LogP contribution in [-0.2, 0) is 17.7 Å². The molecule has 0 fully saturated rings. The normalized spacial score (nSPS) is 11.5. The van der Waals surface area contributed by atoms with Crippen molar-refractivity contribution in [2.45, 2.75) is 40.2 Å². The summed E-state index contributed by atoms with van der Waals surface area (Å²) in [5.41, 5.74) is 0.00321. The molecule has 1 amide bonds. The van der Waals surface area contributed by atoms with E-state index in [9.17, 15) is 9.59 Å². The fourth-order valence-corrected chi connectivity index (χ4v) is 3.79. The summed E-state index contributed by atoms with van der Waals surface area (Å²) < 4.78 is 12.0. The van der Waals surface area contributed by atoms with E-state index in [0.29, 0.717) is 36.4 Å². The molecular weight excluding hydrogens is 382 g/mol. The molecule has 0 saturated carbocycles. The van der Waals surface area contributed by atoms with Crippen LogP contribution < -0.4 is 10.9 Å². The first-order valence-electron chi connectivity index (χ1n) is 9.02. The van der Waals surface area contributed by atoms with Crippen molar-refractivity contribution >= 4 is 33.5 Å². The zero-order valence-electron chi connectivity index (χ0n) is 16.3. The molecule has 28 heavy (non-hydrogen) atoms. The SMILES string of the molecule is COCCCn1cnc2oc(C)c(C(=O)Nc3nnc(CC(C)C)s3)c2c1=O. The van der Waals surface area contributed by atoms with Crippen LogP contribution in [0.2, 0.25) is 0 Å². The number of ether oxygens (including phenoxy) is 1. The lowest BCUT2D eigenvalue weighted by molar-refractivity contribution is 0.102. The molecular formula is C18H23N5O4S. The van der Waals surface area contributed by atoms with Crippen LogP contribution in [0.4, 0.5) is 5.13 Å². The van der Waals surface area contributed by atoms with Gasteiger partial charge >= 0.3 is 0 Å². The van der Waals surface area contributed by atoms with Crippen LogP contribution >= 0.6 is 11.3 Å². The molecule has 0 aromatic carbocycles. The maximum absolute atomic E-state index is 12.9. The van der Waals surface area contributed by atoms with E-state index in [0.717, 1.165) is 11.4 Å². The zero-order chi connectivity index (χ0) is 20.3. The van der Waals surface area contributed by atoms with E-state index in [-0.39, 0.29) is 22.2 Å². The summed E-state index contributed by atoms with van der Waals surface area (Å²) in [5, 5.41) is 12.2. The number of aryl methyl sites for hydroxylation is 2. The number of fused-ring (bicyclic) bond motifs is 1. The number of hydrogen-bond acceptors (Lipinski definition) is 8. The highest BCUT2D eigenvalue weighted by molar-refractivity contribution is 7.15. The van der Waals surface area contributed by atoms with E-state index in [1.54, 1.807) is 14.0 Å². The highest BCUT2D eigenvalue weighted by atomic mass is 32.1. The van der Waals surface area contributed by atoms with Gasteiger partial charge in [0.25, 0.3) is 11.5 Å². The van der Waals surface area contributed by atoms with Gasteiger partial charge in [0, 0.05) is 26.7 Å². The smallest absolute Gasteiger partial charge is 0.265 e. The maximum Gasteiger partial charge on any atom is 0.265 e. The van der Waals surface area contributed by atoms with Crippen molar-refractivity contribution in [1.29, 1.82) is 0 Å². The van der Waals surface area contributed by atoms with Gasteiger partial charge in [-0.05, 0) is 19.3 Å². The monoisotopic (exact) mass is 405 g/mol. The number of amides is 1. The average Bonchev–Trinajstić information content (AvgIpc) is 3.20. The molecule has 3 aromatic rings. The van der Waals surface area contributed by atoms with E-state index in [4.69, 9.17) is 9.15 Å². The van der Waals surface area contributed by atoms with Crippen LogP contribution in [0.3, 0.4) is 0 Å². The van der Waals surface area contributed by atoms with E-state index >= 15 is 0 Å². The largest absolute Gasteiger partial charge is 0.442 e. The summed E-state index contributed by atoms with van der Waals surface area (Å²) >= 11 is 1.32. The Bertz CT molecular complexity index is 1040. The summed E-state index contributed by atoms with van der Waals surface area (Å²) in [6.07, 6.45) is 2.87. The Morgan fingerprint density at radius 1 is 1.39 bits per heavy atom. The zero-order valence-corrected chi connectivity index (χ0v) is 17.1. The minimum Gasteiger partial charge on any atom is -0.442 e. The van der Waals surface area contributed by atoms with E-state index in [2.05, 4.69) is 34.3 Å². The van der Waals surface area contributed by atoms with Crippen molar-refractivity contribution in [2.24, 2.45) is 5.92 Å². The van der Waals surface area contributed by atoms with Crippen molar-refractivity contribution in [3.63, 3.8) is 0 Å². The Hall–Kier alpha value is -2.59. The molecule has 0 aliphatic rings. The Morgan fingerprint density at radius 2 is 2.18 bits per heavy atom. The Morgan fingerprint density at radius 3 is 2.89 bits per heavy atom. The first-order chi connectivity index (χ1) is 13.4. The van der Waals surface area contributed by atoms with Gasteiger partial charge in [-0.2, -0.15) is 0 Å². The van der Waals surface area contributed by atoms with Crippen molar-refractivity contribution < 1.29 is 13.9 Å². The number of rotatable bonds is 8. The third-order valence-electron chi connectivity index (χ3n) is 4.10. The van der Waals surface area contributed by atoms with Crippen molar-refractivity contribution in [3.8, 4) is 0 Å². The number of methoxy groups -OCH3 is 1. The molecule has 0 saturated heterocycles. The lowest BCUT2D eigenvalue weighted by atomic mass is 10.1. The van der Waals surface area contributed by atoms with Gasteiger partial charge in [0.1, 0.15) is 22.5 Å². The molecule has 0 bridgehead atoms. The number of furan rings is 1. The van der Waals surface area contributed by atoms with Crippen LogP contribution in [0.1, 0.15) is 41.4 Å². The first kappa shape index (κ1) is 20.2. The molecule has 1 N–H and O–H groups in total. The molecule has 9 nitrogen and oxygen atoms in total. The third kappa shape index (κ3) is 4.28. The number of hydrogen-bond donors (Lipinski definition) is 1. The maximum atomic E-state index is 12.9. The van der Waals surface area contributed by atoms with Crippen LogP contribution in [0.15, 0.2) is 15.5 Å². The molecule has 0 aliphatic heterocycles. The predicted molar refractivity (Wildman–Crippen MR) is 106 cm³/mol. The summed E-state index contributed by atoms with van der Waals surface area (Å²) in [5.74, 6) is 0.315. The molecule has 3 heterocycles. The van der Waals surface area contributed by atoms with E-state index < -0.39 is 5.91 Å². The van der Waals surface area contributed by atoms with Gasteiger partial charge in [-0.3, -0.25) is 19.5 Å². The second-order valence-corrected chi connectivity index (χ2v) is 7.92. The predicted octanol–water partition coefficient (Wildman–Crippen LogP) is 2.64. The summed E-state index contributed by atoms with van der Waals surface area (Å²) in [6, 6.07) is 0. The topological polar surface area (TPSA) is 112 Å². The first-order valence-corrected chi connectivity index (χ1v) is 9.83. The van der Waals surface area contributed by atoms with Crippen molar-refractivity contribution in [1.82, 2.24) is 19.7 Å². The summed E-state index contributed by atoms with van der Waals surface area (Å²) in [4.78, 5) is 29.9. The lowest BCUT2D eigenvalue weighted by Crippen LogP contribution is -2.23. The molecule has 0 unspecified atom stereocenters. The van der Waals surface area contributed by atoms with Gasteiger partial charge in [0.15, 0.2) is 0 Å². The molecule has 0 spiro atoms. The number of carbonyl (C=O) groups excluding carboxylic acids is 1. The summed E-state index contributed by atoms with van der Waals surface area (Å²) in [6.45, 7) is 6.78. The third-order valence-corrected chi connectivity index (χ3v) is 4.96. The number of anilines is 1. The molecule has 0 aliphatic carbocycles. The van der Waals surface area contributed by atoms with Gasteiger partial charge < -0.3 is 9.15 Å². The van der Waals surface area contributed by atoms with Gasteiger partial charge in [-0.15, -0.1) is 10.2 Å². The lowest BCUT2D eigenvalue weighted by Gasteiger charge is -2.05. The molecule has 0 radical (unpaired) electrons. The molecule has 150 valence electrons. The Labute approximate surface area is 165 Å². The Kier molecular flexibility index (Phi) is 6.20. The standard InChI is InChI=1S/C18H23N5O4S/c1-10(2)8-12-21-22-18(28-12)20-15(24)13-11(3)27-16-14(13)17(25)23(9-19-16)6-5-7-26-4/h9-10H,5-8H2,1-4H3,(H,20,22,24). The molecule has 0 atom stereocenters. The fraction of sp³-hybridized carbons (Fsp3) is 0.500. The minimum absolute atomic E-state index is 0.147. The van der Waals surface area contributed by atoms with Crippen LogP contribution in [0.5, 0.6) is 0 Å².